The van der Waals surface area contributed by atoms with Crippen LogP contribution < -0.4 is 15.8 Å². The molecule has 0 saturated heterocycles. The molecule has 0 aliphatic rings. The average Bonchev–Trinajstić information content (AvgIpc) is 2.43. The van der Waals surface area contributed by atoms with Crippen molar-refractivity contribution in [2.75, 3.05) is 22.8 Å². The van der Waals surface area contributed by atoms with Gasteiger partial charge in [0.05, 0.1) is 17.4 Å². The van der Waals surface area contributed by atoms with E-state index in [-0.39, 0.29) is 24.9 Å². The molecule has 0 fully saturated rings. The zero-order chi connectivity index (χ0) is 17.0. The predicted molar refractivity (Wildman–Crippen MR) is 97.6 cm³/mol. The molecule has 0 aliphatic carbocycles. The zero-order valence-corrected chi connectivity index (χ0v) is 15.6. The highest BCUT2D eigenvalue weighted by Crippen LogP contribution is 2.28. The minimum absolute atomic E-state index is 0. The molecule has 132 valence electrons. The molecule has 0 atom stereocenters. The molecule has 0 saturated carbocycles. The Bertz CT molecular complexity index is 635. The van der Waals surface area contributed by atoms with Crippen molar-refractivity contribution in [2.24, 2.45) is 11.1 Å². The number of carbonyl (C=O) groups excluding carboxylic acids is 1. The lowest BCUT2D eigenvalue weighted by Crippen LogP contribution is -2.41. The fraction of sp³-hybridized carbons (Fsp3) is 0.533. The largest absolute Gasteiger partial charge is 0.329 e. The highest BCUT2D eigenvalue weighted by molar-refractivity contribution is 7.92. The van der Waals surface area contributed by atoms with E-state index in [1.807, 2.05) is 13.8 Å². The number of halogens is 1. The van der Waals surface area contributed by atoms with Gasteiger partial charge in [-0.15, -0.1) is 12.4 Å². The molecule has 6 nitrogen and oxygen atoms in total. The number of hydrogen-bond acceptors (Lipinski definition) is 4. The minimum atomic E-state index is -3.37. The number of carbonyl (C=O) groups is 1. The minimum Gasteiger partial charge on any atom is -0.329 e. The fourth-order valence-electron chi connectivity index (χ4n) is 2.23. The van der Waals surface area contributed by atoms with Gasteiger partial charge < -0.3 is 11.1 Å². The average molecular weight is 364 g/mol. The smallest absolute Gasteiger partial charge is 0.231 e. The van der Waals surface area contributed by atoms with Crippen molar-refractivity contribution in [1.29, 1.82) is 0 Å². The van der Waals surface area contributed by atoms with Crippen molar-refractivity contribution in [3.8, 4) is 0 Å². The van der Waals surface area contributed by atoms with Gasteiger partial charge in [0.15, 0.2) is 0 Å². The molecule has 0 unspecified atom stereocenters. The summed E-state index contributed by atoms with van der Waals surface area (Å²) in [5.74, 6) is -0.144. The molecule has 0 aliphatic heterocycles. The van der Waals surface area contributed by atoms with Gasteiger partial charge in [0.1, 0.15) is 0 Å². The van der Waals surface area contributed by atoms with E-state index in [0.29, 0.717) is 24.2 Å². The highest BCUT2D eigenvalue weighted by Gasteiger charge is 2.33. The lowest BCUT2D eigenvalue weighted by molar-refractivity contribution is -0.125. The van der Waals surface area contributed by atoms with Crippen LogP contribution in [0.1, 0.15) is 32.3 Å². The number of rotatable bonds is 7. The number of nitrogens with two attached hydrogens (primary N) is 1. The first-order chi connectivity index (χ1) is 10.2. The van der Waals surface area contributed by atoms with Gasteiger partial charge in [0, 0.05) is 12.2 Å². The summed E-state index contributed by atoms with van der Waals surface area (Å²) >= 11 is 0. The normalized spacial score (nSPS) is 11.5. The van der Waals surface area contributed by atoms with Crippen LogP contribution in [0, 0.1) is 12.3 Å². The van der Waals surface area contributed by atoms with Crippen molar-refractivity contribution in [3.05, 3.63) is 23.8 Å². The van der Waals surface area contributed by atoms with Crippen LogP contribution >= 0.6 is 12.4 Å². The standard InChI is InChI=1S/C15H25N3O3S.ClH/c1-5-15(6-2,10-16)14(19)17-12-8-7-11(3)13(9-12)18-22(4,20)21;/h7-9,18H,5-6,10,16H2,1-4H3,(H,17,19);1H. The van der Waals surface area contributed by atoms with Gasteiger partial charge in [-0.3, -0.25) is 9.52 Å². The predicted octanol–water partition coefficient (Wildman–Crippen LogP) is 2.49. The third kappa shape index (κ3) is 5.67. The number of anilines is 2. The van der Waals surface area contributed by atoms with Gasteiger partial charge in [-0.2, -0.15) is 0 Å². The van der Waals surface area contributed by atoms with Gasteiger partial charge in [-0.25, -0.2) is 8.42 Å². The summed E-state index contributed by atoms with van der Waals surface area (Å²) in [6.07, 6.45) is 2.38. The van der Waals surface area contributed by atoms with Crippen LogP contribution in [-0.4, -0.2) is 27.1 Å². The van der Waals surface area contributed by atoms with Crippen LogP contribution in [0.3, 0.4) is 0 Å². The maximum atomic E-state index is 12.5. The van der Waals surface area contributed by atoms with Crippen LogP contribution in [0.25, 0.3) is 0 Å². The second-order valence-electron chi connectivity index (χ2n) is 5.55. The Kier molecular flexibility index (Phi) is 8.03. The Balaban J connectivity index is 0.00000484. The third-order valence-electron chi connectivity index (χ3n) is 4.02. The SMILES string of the molecule is CCC(CC)(CN)C(=O)Nc1ccc(C)c(NS(C)(=O)=O)c1.Cl. The van der Waals surface area contributed by atoms with Crippen LogP contribution in [0.2, 0.25) is 0 Å². The van der Waals surface area contributed by atoms with Gasteiger partial charge in [-0.05, 0) is 37.5 Å². The van der Waals surface area contributed by atoms with E-state index in [1.54, 1.807) is 25.1 Å². The zero-order valence-electron chi connectivity index (χ0n) is 14.0. The van der Waals surface area contributed by atoms with E-state index < -0.39 is 15.4 Å². The maximum absolute atomic E-state index is 12.5. The number of amides is 1. The fourth-order valence-corrected chi connectivity index (χ4v) is 2.85. The second-order valence-corrected chi connectivity index (χ2v) is 7.30. The maximum Gasteiger partial charge on any atom is 0.231 e. The van der Waals surface area contributed by atoms with E-state index in [1.165, 1.54) is 0 Å². The van der Waals surface area contributed by atoms with E-state index >= 15 is 0 Å². The number of benzene rings is 1. The highest BCUT2D eigenvalue weighted by atomic mass is 35.5. The number of sulfonamides is 1. The quantitative estimate of drug-likeness (QED) is 0.692. The monoisotopic (exact) mass is 363 g/mol. The molecule has 8 heteroatoms. The molecule has 0 bridgehead atoms. The molecule has 23 heavy (non-hydrogen) atoms. The Hall–Kier alpha value is -1.31. The van der Waals surface area contributed by atoms with Gasteiger partial charge in [0.25, 0.3) is 0 Å². The Morgan fingerprint density at radius 3 is 2.26 bits per heavy atom. The van der Waals surface area contributed by atoms with Crippen LogP contribution in [0.5, 0.6) is 0 Å². The first-order valence-electron chi connectivity index (χ1n) is 7.27. The molecule has 1 rings (SSSR count). The summed E-state index contributed by atoms with van der Waals surface area (Å²) in [6.45, 7) is 5.93. The van der Waals surface area contributed by atoms with Crippen LogP contribution in [0.4, 0.5) is 11.4 Å². The Morgan fingerprint density at radius 1 is 1.26 bits per heavy atom. The topological polar surface area (TPSA) is 101 Å². The van der Waals surface area contributed by atoms with E-state index in [4.69, 9.17) is 5.73 Å². The summed E-state index contributed by atoms with van der Waals surface area (Å²) in [7, 11) is -3.37. The number of hydrogen-bond donors (Lipinski definition) is 3. The summed E-state index contributed by atoms with van der Waals surface area (Å²) in [6, 6.07) is 5.11. The van der Waals surface area contributed by atoms with Crippen molar-refractivity contribution in [3.63, 3.8) is 0 Å². The Labute approximate surface area is 144 Å². The summed E-state index contributed by atoms with van der Waals surface area (Å²) in [5, 5.41) is 2.84. The summed E-state index contributed by atoms with van der Waals surface area (Å²) in [4.78, 5) is 12.5. The van der Waals surface area contributed by atoms with Crippen molar-refractivity contribution < 1.29 is 13.2 Å². The van der Waals surface area contributed by atoms with Crippen LogP contribution in [0.15, 0.2) is 18.2 Å². The van der Waals surface area contributed by atoms with Gasteiger partial charge in [-0.1, -0.05) is 19.9 Å². The first kappa shape index (κ1) is 21.7. The van der Waals surface area contributed by atoms with E-state index in [0.717, 1.165) is 11.8 Å². The molecule has 1 aromatic rings. The van der Waals surface area contributed by atoms with E-state index in [2.05, 4.69) is 10.0 Å². The van der Waals surface area contributed by atoms with Crippen molar-refractivity contribution in [2.45, 2.75) is 33.6 Å². The molecular formula is C15H26ClN3O3S. The molecule has 4 N–H and O–H groups in total. The lowest BCUT2D eigenvalue weighted by Gasteiger charge is -2.28. The molecular weight excluding hydrogens is 338 g/mol. The summed E-state index contributed by atoms with van der Waals surface area (Å²) in [5.41, 5.74) is 6.94. The van der Waals surface area contributed by atoms with Gasteiger partial charge >= 0.3 is 0 Å². The van der Waals surface area contributed by atoms with Crippen molar-refractivity contribution in [1.82, 2.24) is 0 Å². The second kappa shape index (κ2) is 8.52. The summed E-state index contributed by atoms with van der Waals surface area (Å²) < 4.78 is 25.2. The van der Waals surface area contributed by atoms with Crippen LogP contribution in [-0.2, 0) is 14.8 Å². The third-order valence-corrected chi connectivity index (χ3v) is 4.61. The molecule has 0 aromatic heterocycles. The Morgan fingerprint density at radius 2 is 1.83 bits per heavy atom. The van der Waals surface area contributed by atoms with Gasteiger partial charge in [0.2, 0.25) is 15.9 Å². The van der Waals surface area contributed by atoms with Crippen molar-refractivity contribution >= 4 is 39.7 Å². The van der Waals surface area contributed by atoms with E-state index in [9.17, 15) is 13.2 Å². The molecule has 1 aromatic carbocycles. The number of nitrogens with one attached hydrogen (secondary N) is 2. The molecule has 1 amide bonds. The molecule has 0 heterocycles. The number of aryl methyl sites for hydroxylation is 1. The lowest BCUT2D eigenvalue weighted by atomic mass is 9.81. The molecule has 0 radical (unpaired) electrons. The first-order valence-corrected chi connectivity index (χ1v) is 9.16. The molecule has 0 spiro atoms.